The van der Waals surface area contributed by atoms with E-state index < -0.39 is 142 Å². The molecule has 0 bridgehead atoms. The first-order chi connectivity index (χ1) is 21.6. The maximum absolute atomic E-state index is 12.3. The quantitative estimate of drug-likeness (QED) is 0.108. The molecule has 0 aromatic heterocycles. The fourth-order valence-electron chi connectivity index (χ4n) is 5.81. The molecular formula is C26H45NO19. The first kappa shape index (κ1) is 37.6. The summed E-state index contributed by atoms with van der Waals surface area (Å²) in [6, 6.07) is -1.51. The molecule has 0 aromatic rings. The van der Waals surface area contributed by atoms with Crippen molar-refractivity contribution in [1.29, 1.82) is 0 Å². The van der Waals surface area contributed by atoms with Crippen LogP contribution in [0.5, 0.6) is 0 Å². The van der Waals surface area contributed by atoms with E-state index >= 15 is 0 Å². The maximum atomic E-state index is 12.3. The van der Waals surface area contributed by atoms with Gasteiger partial charge in [-0.1, -0.05) is 0 Å². The molecular weight excluding hydrogens is 630 g/mol. The van der Waals surface area contributed by atoms with Crippen LogP contribution in [0.4, 0.5) is 0 Å². The molecule has 4 saturated heterocycles. The summed E-state index contributed by atoms with van der Waals surface area (Å²) >= 11 is 0. The molecule has 0 aliphatic carbocycles. The van der Waals surface area contributed by atoms with Crippen LogP contribution in [0.25, 0.3) is 0 Å². The Bertz CT molecular complexity index is 995. The zero-order valence-corrected chi connectivity index (χ0v) is 25.1. The predicted molar refractivity (Wildman–Crippen MR) is 143 cm³/mol. The minimum absolute atomic E-state index is 0.706. The highest BCUT2D eigenvalue weighted by Gasteiger charge is 2.55. The maximum Gasteiger partial charge on any atom is 0.217 e. The van der Waals surface area contributed by atoms with Crippen LogP contribution in [0.3, 0.4) is 0 Å². The van der Waals surface area contributed by atoms with Crippen LogP contribution in [0, 0.1) is 0 Å². The summed E-state index contributed by atoms with van der Waals surface area (Å²) in [5.74, 6) is -0.706. The Morgan fingerprint density at radius 3 is 1.63 bits per heavy atom. The van der Waals surface area contributed by atoms with Gasteiger partial charge >= 0.3 is 0 Å². The highest BCUT2D eigenvalue weighted by Crippen LogP contribution is 2.34. The lowest BCUT2D eigenvalue weighted by Gasteiger charge is -2.50. The molecule has 4 fully saturated rings. The minimum atomic E-state index is -1.90. The summed E-state index contributed by atoms with van der Waals surface area (Å²) in [4.78, 5) is 12.3. The fourth-order valence-corrected chi connectivity index (χ4v) is 5.81. The van der Waals surface area contributed by atoms with Crippen molar-refractivity contribution in [3.63, 3.8) is 0 Å². The summed E-state index contributed by atoms with van der Waals surface area (Å²) in [5.41, 5.74) is 0. The van der Waals surface area contributed by atoms with Gasteiger partial charge in [0.15, 0.2) is 25.2 Å². The van der Waals surface area contributed by atoms with Crippen LogP contribution in [-0.2, 0) is 38.0 Å². The van der Waals surface area contributed by atoms with Crippen LogP contribution in [0.1, 0.15) is 20.8 Å². The van der Waals surface area contributed by atoms with Gasteiger partial charge < -0.3 is 94.6 Å². The van der Waals surface area contributed by atoms with Crippen LogP contribution < -0.4 is 5.32 Å². The van der Waals surface area contributed by atoms with E-state index in [0.717, 1.165) is 6.92 Å². The number of hydrogen-bond donors (Lipinski definition) is 12. The van der Waals surface area contributed by atoms with Gasteiger partial charge in [-0.05, 0) is 13.8 Å². The van der Waals surface area contributed by atoms with E-state index in [1.807, 2.05) is 0 Å². The van der Waals surface area contributed by atoms with Crippen molar-refractivity contribution in [2.75, 3.05) is 13.2 Å². The third-order valence-electron chi connectivity index (χ3n) is 8.53. The Kier molecular flexibility index (Phi) is 12.7. The van der Waals surface area contributed by atoms with E-state index in [9.17, 15) is 61.0 Å². The van der Waals surface area contributed by atoms with Crippen LogP contribution >= 0.6 is 0 Å². The molecule has 268 valence electrons. The lowest BCUT2D eigenvalue weighted by molar-refractivity contribution is -0.385. The average molecular weight is 676 g/mol. The monoisotopic (exact) mass is 675 g/mol. The lowest BCUT2D eigenvalue weighted by Crippen LogP contribution is -2.70. The Morgan fingerprint density at radius 1 is 0.565 bits per heavy atom. The van der Waals surface area contributed by atoms with E-state index in [4.69, 9.17) is 33.2 Å². The van der Waals surface area contributed by atoms with Crippen molar-refractivity contribution in [2.24, 2.45) is 0 Å². The second-order valence-corrected chi connectivity index (χ2v) is 11.8. The number of carbonyl (C=O) groups excluding carboxylic acids is 1. The molecule has 4 aliphatic heterocycles. The predicted octanol–water partition coefficient (Wildman–Crippen LogP) is -7.55. The number of aliphatic hydroxyl groups is 11. The summed E-state index contributed by atoms with van der Waals surface area (Å²) in [6.07, 6.45) is -30.9. The molecule has 8 unspecified atom stereocenters. The number of rotatable bonds is 9. The smallest absolute Gasteiger partial charge is 0.217 e. The van der Waals surface area contributed by atoms with Gasteiger partial charge in [-0.15, -0.1) is 0 Å². The Labute approximate surface area is 262 Å². The molecule has 46 heavy (non-hydrogen) atoms. The molecule has 0 spiro atoms. The molecule has 4 heterocycles. The molecule has 20 nitrogen and oxygen atoms in total. The molecule has 0 saturated carbocycles. The number of hydrogen-bond acceptors (Lipinski definition) is 19. The molecule has 0 radical (unpaired) electrons. The van der Waals surface area contributed by atoms with Gasteiger partial charge in [-0.3, -0.25) is 4.79 Å². The van der Waals surface area contributed by atoms with Gasteiger partial charge in [0.2, 0.25) is 5.91 Å². The first-order valence-corrected chi connectivity index (χ1v) is 14.8. The van der Waals surface area contributed by atoms with Gasteiger partial charge in [0, 0.05) is 6.92 Å². The van der Waals surface area contributed by atoms with E-state index in [-0.39, 0.29) is 0 Å². The Balaban J connectivity index is 1.63. The largest absolute Gasteiger partial charge is 0.394 e. The van der Waals surface area contributed by atoms with Crippen LogP contribution in [0.2, 0.25) is 0 Å². The SMILES string of the molecule is CC(=O)N[C@@H]1C(O[C@@H]2OC(C)[C@H](O)[C@H](O)C2O)[C@H](O)C(CO)O[C@H]1OC1[C@H](O)OC(C)[C@H](O)[C@@H]1O[C@H]1O[C@@H](CO)[C@@H](O)C(O)C1O. The summed E-state index contributed by atoms with van der Waals surface area (Å²) in [7, 11) is 0. The van der Waals surface area contributed by atoms with Crippen molar-refractivity contribution < 1.29 is 94.1 Å². The van der Waals surface area contributed by atoms with E-state index in [1.165, 1.54) is 13.8 Å². The van der Waals surface area contributed by atoms with Gasteiger partial charge in [-0.2, -0.15) is 0 Å². The highest BCUT2D eigenvalue weighted by atomic mass is 16.8. The molecule has 20 heteroatoms. The zero-order valence-electron chi connectivity index (χ0n) is 25.1. The minimum Gasteiger partial charge on any atom is -0.394 e. The first-order valence-electron chi connectivity index (χ1n) is 14.8. The number of aliphatic hydroxyl groups excluding tert-OH is 11. The second-order valence-electron chi connectivity index (χ2n) is 11.8. The summed E-state index contributed by atoms with van der Waals surface area (Å²) < 4.78 is 39.4. The number of nitrogens with one attached hydrogen (secondary N) is 1. The lowest BCUT2D eigenvalue weighted by atomic mass is 9.94. The van der Waals surface area contributed by atoms with Gasteiger partial charge in [0.1, 0.15) is 85.4 Å². The molecule has 0 aromatic carbocycles. The van der Waals surface area contributed by atoms with Gasteiger partial charge in [0.25, 0.3) is 0 Å². The standard InChI is InChI=1S/C26H45NO19/c1-6-12(31)16(35)18(37)25(41-6)44-20-11(27-8(3)30)24(42-10(5-29)15(20)34)46-22-21(13(32)7(2)40-23(22)39)45-26-19(38)17(36)14(33)9(4-28)43-26/h6-7,9-26,28-29,31-39H,4-5H2,1-3H3,(H,27,30)/t6?,7?,9-,10?,11+,12-,13-,14+,15+,16-,17?,18?,19?,20?,21-,22?,23+,24-,25-,26+/m0/s1. The van der Waals surface area contributed by atoms with E-state index in [0.29, 0.717) is 0 Å². The molecule has 1 amide bonds. The van der Waals surface area contributed by atoms with Crippen molar-refractivity contribution in [3.05, 3.63) is 0 Å². The van der Waals surface area contributed by atoms with Crippen LogP contribution in [-0.4, -0.2) is 198 Å². The number of amides is 1. The Hall–Kier alpha value is -1.25. The average Bonchev–Trinajstić information content (AvgIpc) is 3.01. The fraction of sp³-hybridized carbons (Fsp3) is 0.962. The normalized spacial score (nSPS) is 51.9. The van der Waals surface area contributed by atoms with Crippen molar-refractivity contribution in [2.45, 2.75) is 144 Å². The van der Waals surface area contributed by atoms with Gasteiger partial charge in [0.05, 0.1) is 25.4 Å². The molecule has 4 aliphatic rings. The van der Waals surface area contributed by atoms with Crippen molar-refractivity contribution in [3.8, 4) is 0 Å². The molecule has 20 atom stereocenters. The van der Waals surface area contributed by atoms with E-state index in [2.05, 4.69) is 5.32 Å². The Morgan fingerprint density at radius 2 is 1.04 bits per heavy atom. The van der Waals surface area contributed by atoms with E-state index in [1.54, 1.807) is 0 Å². The molecule has 4 rings (SSSR count). The van der Waals surface area contributed by atoms with Crippen molar-refractivity contribution >= 4 is 5.91 Å². The van der Waals surface area contributed by atoms with Crippen molar-refractivity contribution in [1.82, 2.24) is 5.32 Å². The summed E-state index contributed by atoms with van der Waals surface area (Å²) in [5, 5.41) is 117. The molecule has 12 N–H and O–H groups in total. The number of ether oxygens (including phenoxy) is 7. The van der Waals surface area contributed by atoms with Crippen LogP contribution in [0.15, 0.2) is 0 Å². The highest BCUT2D eigenvalue weighted by molar-refractivity contribution is 5.73. The second kappa shape index (κ2) is 15.5. The zero-order chi connectivity index (χ0) is 34.2. The number of carbonyl (C=O) groups is 1. The van der Waals surface area contributed by atoms with Gasteiger partial charge in [-0.25, -0.2) is 0 Å². The topological polar surface area (TPSA) is 316 Å². The third-order valence-corrected chi connectivity index (χ3v) is 8.53. The summed E-state index contributed by atoms with van der Waals surface area (Å²) in [6.45, 7) is 2.23. The third kappa shape index (κ3) is 7.64.